The Bertz CT molecular complexity index is 1290. The first-order chi connectivity index (χ1) is 18.9. The standard InChI is InChI=1S/C24H27N5O5S.C3H8.C2H6/c1-24(2,3)34-23(32)27-12-15-6-5-7-17(20(15)30)29-22(31)19-21(25)26-13-18(28-19)14-8-10-16(11-9-14)35(4)33;1-3-2;1-2/h5-11,13,30H,12H2,1-4H3,(H2,25,26)(H,27,32)(H,29,31);3H2,1-2H3;1-2H3. The van der Waals surface area contributed by atoms with Crippen LogP contribution < -0.4 is 16.4 Å². The molecule has 3 aromatic rings. The molecule has 11 heteroatoms. The van der Waals surface area contributed by atoms with Crippen molar-refractivity contribution in [1.29, 1.82) is 0 Å². The summed E-state index contributed by atoms with van der Waals surface area (Å²) in [5, 5.41) is 15.7. The summed E-state index contributed by atoms with van der Waals surface area (Å²) in [6, 6.07) is 11.6. The highest BCUT2D eigenvalue weighted by Crippen LogP contribution is 2.28. The molecule has 5 N–H and O–H groups in total. The fourth-order valence-corrected chi connectivity index (χ4v) is 3.54. The van der Waals surface area contributed by atoms with E-state index in [0.717, 1.165) is 0 Å². The molecule has 0 aliphatic carbocycles. The number of alkyl carbamates (subject to hydrolysis) is 1. The Balaban J connectivity index is 0.00000150. The molecule has 2 amide bonds. The second-order valence-corrected chi connectivity index (χ2v) is 10.7. The monoisotopic (exact) mass is 571 g/mol. The Hall–Kier alpha value is -3.99. The number of phenols is 1. The first kappa shape index (κ1) is 34.0. The molecule has 0 bridgehead atoms. The number of para-hydroxylation sites is 1. The lowest BCUT2D eigenvalue weighted by atomic mass is 10.1. The van der Waals surface area contributed by atoms with Gasteiger partial charge in [-0.3, -0.25) is 9.00 Å². The highest BCUT2D eigenvalue weighted by molar-refractivity contribution is 7.84. The second kappa shape index (κ2) is 16.2. The van der Waals surface area contributed by atoms with Crippen molar-refractivity contribution < 1.29 is 23.6 Å². The summed E-state index contributed by atoms with van der Waals surface area (Å²) in [5.74, 6) is -0.974. The topological polar surface area (TPSA) is 157 Å². The molecule has 0 aliphatic heterocycles. The minimum absolute atomic E-state index is 0.0135. The number of ether oxygens (including phenoxy) is 1. The van der Waals surface area contributed by atoms with Gasteiger partial charge in [0.2, 0.25) is 0 Å². The number of carbonyl (C=O) groups excluding carboxylic acids is 2. The van der Waals surface area contributed by atoms with Crippen LogP contribution in [-0.4, -0.2) is 43.1 Å². The molecule has 0 radical (unpaired) electrons. The molecule has 0 saturated heterocycles. The molecule has 1 aromatic heterocycles. The van der Waals surface area contributed by atoms with Crippen LogP contribution in [0.4, 0.5) is 16.3 Å². The van der Waals surface area contributed by atoms with E-state index >= 15 is 0 Å². The number of aromatic hydroxyl groups is 1. The molecule has 2 aromatic carbocycles. The Morgan fingerprint density at radius 3 is 2.23 bits per heavy atom. The van der Waals surface area contributed by atoms with Gasteiger partial charge in [0.1, 0.15) is 11.4 Å². The molecule has 218 valence electrons. The quantitative estimate of drug-likeness (QED) is 0.267. The van der Waals surface area contributed by atoms with E-state index in [1.165, 1.54) is 18.7 Å². The number of nitrogens with two attached hydrogens (primary N) is 1. The number of amides is 2. The highest BCUT2D eigenvalue weighted by atomic mass is 32.2. The van der Waals surface area contributed by atoms with E-state index < -0.39 is 28.4 Å². The summed E-state index contributed by atoms with van der Waals surface area (Å²) >= 11 is 0. The minimum atomic E-state index is -1.12. The molecule has 3 rings (SSSR count). The van der Waals surface area contributed by atoms with Gasteiger partial charge >= 0.3 is 6.09 Å². The molecule has 1 heterocycles. The fraction of sp³-hybridized carbons (Fsp3) is 0.379. The van der Waals surface area contributed by atoms with E-state index in [0.29, 0.717) is 21.7 Å². The third kappa shape index (κ3) is 10.6. The van der Waals surface area contributed by atoms with Crippen molar-refractivity contribution in [2.24, 2.45) is 0 Å². The SMILES string of the molecule is CC.CCC.CS(=O)c1ccc(-c2cnc(N)c(C(=O)Nc3cccc(CNC(=O)OC(C)(C)C)c3O)n2)cc1. The zero-order valence-corrected chi connectivity index (χ0v) is 25.3. The molecule has 0 spiro atoms. The van der Waals surface area contributed by atoms with Crippen molar-refractivity contribution in [2.75, 3.05) is 17.3 Å². The van der Waals surface area contributed by atoms with Gasteiger partial charge in [0, 0.05) is 39.6 Å². The normalized spacial score (nSPS) is 11.1. The van der Waals surface area contributed by atoms with Crippen LogP contribution in [0.2, 0.25) is 0 Å². The smallest absolute Gasteiger partial charge is 0.407 e. The second-order valence-electron chi connectivity index (χ2n) is 9.30. The molecule has 1 atom stereocenters. The molecular formula is C29H41N5O5S. The average Bonchev–Trinajstić information content (AvgIpc) is 2.90. The number of nitrogens with one attached hydrogen (secondary N) is 2. The summed E-state index contributed by atoms with van der Waals surface area (Å²) in [6.07, 6.45) is 3.63. The number of carbonyl (C=O) groups is 2. The predicted molar refractivity (Wildman–Crippen MR) is 161 cm³/mol. The summed E-state index contributed by atoms with van der Waals surface area (Å²) in [5.41, 5.74) is 6.65. The lowest BCUT2D eigenvalue weighted by Gasteiger charge is -2.20. The number of rotatable bonds is 6. The van der Waals surface area contributed by atoms with Crippen molar-refractivity contribution in [3.05, 3.63) is 59.9 Å². The Morgan fingerprint density at radius 1 is 1.07 bits per heavy atom. The fourth-order valence-electron chi connectivity index (χ4n) is 3.02. The molecule has 0 aliphatic rings. The summed E-state index contributed by atoms with van der Waals surface area (Å²) in [6.45, 7) is 13.5. The number of hydrogen-bond acceptors (Lipinski definition) is 8. The van der Waals surface area contributed by atoms with Gasteiger partial charge in [-0.1, -0.05) is 58.4 Å². The molecular weight excluding hydrogens is 530 g/mol. The Labute approximate surface area is 239 Å². The van der Waals surface area contributed by atoms with Gasteiger partial charge < -0.3 is 26.2 Å². The summed E-state index contributed by atoms with van der Waals surface area (Å²) < 4.78 is 16.8. The van der Waals surface area contributed by atoms with Gasteiger partial charge in [0.15, 0.2) is 11.5 Å². The summed E-state index contributed by atoms with van der Waals surface area (Å²) in [4.78, 5) is 33.9. The first-order valence-corrected chi connectivity index (χ1v) is 14.6. The molecule has 1 unspecified atom stereocenters. The maximum absolute atomic E-state index is 12.9. The summed E-state index contributed by atoms with van der Waals surface area (Å²) in [7, 11) is -1.12. The maximum Gasteiger partial charge on any atom is 0.407 e. The van der Waals surface area contributed by atoms with E-state index in [2.05, 4.69) is 34.4 Å². The van der Waals surface area contributed by atoms with Crippen LogP contribution in [0.25, 0.3) is 11.3 Å². The van der Waals surface area contributed by atoms with Crippen LogP contribution >= 0.6 is 0 Å². The van der Waals surface area contributed by atoms with E-state index in [9.17, 15) is 18.9 Å². The lowest BCUT2D eigenvalue weighted by molar-refractivity contribution is 0.0523. The number of benzene rings is 2. The first-order valence-electron chi connectivity index (χ1n) is 13.0. The van der Waals surface area contributed by atoms with Crippen LogP contribution in [0.5, 0.6) is 5.75 Å². The van der Waals surface area contributed by atoms with E-state index in [-0.39, 0.29) is 29.5 Å². The molecule has 0 saturated carbocycles. The molecule has 10 nitrogen and oxygen atoms in total. The highest BCUT2D eigenvalue weighted by Gasteiger charge is 2.19. The average molecular weight is 572 g/mol. The van der Waals surface area contributed by atoms with Gasteiger partial charge in [-0.25, -0.2) is 14.8 Å². The van der Waals surface area contributed by atoms with Gasteiger partial charge in [-0.2, -0.15) is 0 Å². The molecule has 0 fully saturated rings. The van der Waals surface area contributed by atoms with E-state index in [1.807, 2.05) is 13.8 Å². The van der Waals surface area contributed by atoms with Crippen molar-refractivity contribution in [3.8, 4) is 17.0 Å². The number of aromatic nitrogens is 2. The van der Waals surface area contributed by atoms with E-state index in [1.54, 1.807) is 63.4 Å². The largest absolute Gasteiger partial charge is 0.505 e. The van der Waals surface area contributed by atoms with Crippen molar-refractivity contribution in [2.45, 2.75) is 71.9 Å². The van der Waals surface area contributed by atoms with Gasteiger partial charge in [0.05, 0.1) is 17.6 Å². The zero-order valence-electron chi connectivity index (χ0n) is 24.5. The predicted octanol–water partition coefficient (Wildman–Crippen LogP) is 5.89. The number of nitrogens with zero attached hydrogens (tertiary/aromatic N) is 2. The Morgan fingerprint density at radius 2 is 1.68 bits per heavy atom. The van der Waals surface area contributed by atoms with Gasteiger partial charge in [-0.15, -0.1) is 0 Å². The van der Waals surface area contributed by atoms with Crippen LogP contribution in [-0.2, 0) is 22.1 Å². The number of phenolic OH excluding ortho intramolecular Hbond substituents is 1. The lowest BCUT2D eigenvalue weighted by Crippen LogP contribution is -2.32. The Kier molecular flexibility index (Phi) is 13.8. The van der Waals surface area contributed by atoms with Gasteiger partial charge in [-0.05, 0) is 39.0 Å². The van der Waals surface area contributed by atoms with Crippen LogP contribution in [0.3, 0.4) is 0 Å². The van der Waals surface area contributed by atoms with Gasteiger partial charge in [0.25, 0.3) is 5.91 Å². The minimum Gasteiger partial charge on any atom is -0.505 e. The third-order valence-corrected chi connectivity index (χ3v) is 5.62. The van der Waals surface area contributed by atoms with Crippen LogP contribution in [0, 0.1) is 0 Å². The molecule has 40 heavy (non-hydrogen) atoms. The van der Waals surface area contributed by atoms with Crippen molar-refractivity contribution >= 4 is 34.3 Å². The number of anilines is 2. The zero-order chi connectivity index (χ0) is 30.5. The number of hydrogen-bond donors (Lipinski definition) is 4. The van der Waals surface area contributed by atoms with E-state index in [4.69, 9.17) is 10.5 Å². The van der Waals surface area contributed by atoms with Crippen molar-refractivity contribution in [1.82, 2.24) is 15.3 Å². The maximum atomic E-state index is 12.9. The van der Waals surface area contributed by atoms with Crippen LogP contribution in [0.1, 0.15) is 70.9 Å². The third-order valence-electron chi connectivity index (χ3n) is 4.69. The van der Waals surface area contributed by atoms with Crippen LogP contribution in [0.15, 0.2) is 53.6 Å². The van der Waals surface area contributed by atoms with Crippen molar-refractivity contribution in [3.63, 3.8) is 0 Å². The number of nitrogen functional groups attached to an aromatic ring is 1.